The minimum atomic E-state index is 0.290. The van der Waals surface area contributed by atoms with E-state index >= 15 is 0 Å². The van der Waals surface area contributed by atoms with Crippen molar-refractivity contribution in [1.82, 2.24) is 9.97 Å². The van der Waals surface area contributed by atoms with Gasteiger partial charge in [-0.05, 0) is 52.5 Å². The average Bonchev–Trinajstić information content (AvgIpc) is 2.85. The van der Waals surface area contributed by atoms with Gasteiger partial charge in [0.05, 0.1) is 9.26 Å². The Hall–Kier alpha value is -0.680. The van der Waals surface area contributed by atoms with Crippen molar-refractivity contribution in [2.45, 2.75) is 38.5 Å². The van der Waals surface area contributed by atoms with E-state index in [0.29, 0.717) is 11.1 Å². The molecular formula is C16H16ClIN2. The van der Waals surface area contributed by atoms with Crippen LogP contribution in [0.25, 0.3) is 0 Å². The van der Waals surface area contributed by atoms with Crippen LogP contribution in [-0.4, -0.2) is 9.97 Å². The molecule has 1 aliphatic rings. The summed E-state index contributed by atoms with van der Waals surface area (Å²) in [5.41, 5.74) is 3.84. The molecule has 0 aliphatic heterocycles. The molecule has 20 heavy (non-hydrogen) atoms. The van der Waals surface area contributed by atoms with Gasteiger partial charge >= 0.3 is 0 Å². The quantitative estimate of drug-likeness (QED) is 0.529. The number of benzene rings is 1. The Morgan fingerprint density at radius 2 is 2.00 bits per heavy atom. The zero-order valence-corrected chi connectivity index (χ0v) is 14.4. The highest BCUT2D eigenvalue weighted by Crippen LogP contribution is 2.38. The topological polar surface area (TPSA) is 25.8 Å². The smallest absolute Gasteiger partial charge is 0.146 e. The Kier molecular flexibility index (Phi) is 4.00. The molecule has 1 atom stereocenters. The lowest BCUT2D eigenvalue weighted by molar-refractivity contribution is 0.699. The molecule has 0 fully saturated rings. The van der Waals surface area contributed by atoms with Crippen molar-refractivity contribution in [2.24, 2.45) is 0 Å². The molecule has 104 valence electrons. The van der Waals surface area contributed by atoms with Crippen LogP contribution in [0.1, 0.15) is 54.7 Å². The molecule has 0 spiro atoms. The summed E-state index contributed by atoms with van der Waals surface area (Å²) in [4.78, 5) is 9.35. The highest BCUT2D eigenvalue weighted by molar-refractivity contribution is 14.1. The lowest BCUT2D eigenvalue weighted by Gasteiger charge is -2.15. The fraction of sp³-hybridized carbons (Fsp3) is 0.375. The van der Waals surface area contributed by atoms with Gasteiger partial charge in [-0.25, -0.2) is 9.97 Å². The summed E-state index contributed by atoms with van der Waals surface area (Å²) in [5.74, 6) is 1.53. The molecule has 0 amide bonds. The number of hydrogen-bond acceptors (Lipinski definition) is 2. The molecule has 3 rings (SSSR count). The Bertz CT molecular complexity index is 655. The predicted octanol–water partition coefficient (Wildman–Crippen LogP) is 4.94. The molecule has 1 aliphatic carbocycles. The van der Waals surface area contributed by atoms with E-state index in [1.54, 1.807) is 0 Å². The highest BCUT2D eigenvalue weighted by Gasteiger charge is 2.27. The fourth-order valence-corrected chi connectivity index (χ4v) is 3.86. The summed E-state index contributed by atoms with van der Waals surface area (Å²) in [6.07, 6.45) is 2.18. The minimum Gasteiger partial charge on any atom is -0.236 e. The molecule has 0 saturated heterocycles. The molecule has 2 nitrogen and oxygen atoms in total. The van der Waals surface area contributed by atoms with Gasteiger partial charge in [-0.1, -0.05) is 49.7 Å². The number of halogens is 2. The number of aryl methyl sites for hydroxylation is 1. The first-order chi connectivity index (χ1) is 9.58. The van der Waals surface area contributed by atoms with Crippen molar-refractivity contribution in [3.63, 3.8) is 0 Å². The third-order valence-electron chi connectivity index (χ3n) is 3.85. The van der Waals surface area contributed by atoms with Crippen LogP contribution in [0.5, 0.6) is 0 Å². The van der Waals surface area contributed by atoms with Crippen molar-refractivity contribution in [2.75, 3.05) is 0 Å². The molecule has 1 aromatic heterocycles. The van der Waals surface area contributed by atoms with Gasteiger partial charge in [-0.15, -0.1) is 0 Å². The fourth-order valence-electron chi connectivity index (χ4n) is 2.82. The Morgan fingerprint density at radius 1 is 1.25 bits per heavy atom. The van der Waals surface area contributed by atoms with E-state index in [9.17, 15) is 0 Å². The first-order valence-electron chi connectivity index (χ1n) is 6.88. The zero-order valence-electron chi connectivity index (χ0n) is 11.5. The van der Waals surface area contributed by atoms with Crippen molar-refractivity contribution < 1.29 is 0 Å². The second kappa shape index (κ2) is 5.60. The van der Waals surface area contributed by atoms with E-state index in [1.807, 2.05) is 0 Å². The van der Waals surface area contributed by atoms with E-state index < -0.39 is 0 Å². The van der Waals surface area contributed by atoms with Crippen LogP contribution in [0.15, 0.2) is 24.3 Å². The normalized spacial score (nSPS) is 17.6. The standard InChI is InChI=1S/C16H16ClIN2/c1-9(2)14-13(18)15(17)20-16(19-14)12-8-7-10-5-3-4-6-11(10)12/h3-6,9,12H,7-8H2,1-2H3. The second-order valence-electron chi connectivity index (χ2n) is 5.52. The first kappa shape index (κ1) is 14.3. The maximum absolute atomic E-state index is 6.31. The number of aromatic nitrogens is 2. The predicted molar refractivity (Wildman–Crippen MR) is 90.5 cm³/mol. The molecule has 0 saturated carbocycles. The largest absolute Gasteiger partial charge is 0.236 e. The monoisotopic (exact) mass is 398 g/mol. The van der Waals surface area contributed by atoms with Crippen LogP contribution in [0.3, 0.4) is 0 Å². The van der Waals surface area contributed by atoms with Gasteiger partial charge < -0.3 is 0 Å². The molecule has 0 N–H and O–H groups in total. The third-order valence-corrected chi connectivity index (χ3v) is 5.50. The van der Waals surface area contributed by atoms with Gasteiger partial charge in [0.2, 0.25) is 0 Å². The molecule has 2 aromatic rings. The summed E-state index contributed by atoms with van der Waals surface area (Å²) in [5, 5.41) is 0.587. The maximum Gasteiger partial charge on any atom is 0.146 e. The molecule has 1 unspecified atom stereocenters. The van der Waals surface area contributed by atoms with Gasteiger partial charge in [-0.3, -0.25) is 0 Å². The average molecular weight is 399 g/mol. The summed E-state index contributed by atoms with van der Waals surface area (Å²) in [6.45, 7) is 4.29. The van der Waals surface area contributed by atoms with Gasteiger partial charge in [0.25, 0.3) is 0 Å². The second-order valence-corrected chi connectivity index (χ2v) is 6.95. The van der Waals surface area contributed by atoms with Gasteiger partial charge in [-0.2, -0.15) is 0 Å². The third kappa shape index (κ3) is 2.46. The highest BCUT2D eigenvalue weighted by atomic mass is 127. The summed E-state index contributed by atoms with van der Waals surface area (Å²) < 4.78 is 0.981. The van der Waals surface area contributed by atoms with Crippen LogP contribution in [-0.2, 0) is 6.42 Å². The van der Waals surface area contributed by atoms with E-state index in [4.69, 9.17) is 16.6 Å². The van der Waals surface area contributed by atoms with Gasteiger partial charge in [0.15, 0.2) is 0 Å². The molecule has 0 bridgehead atoms. The van der Waals surface area contributed by atoms with Crippen molar-refractivity contribution in [1.29, 1.82) is 0 Å². The SMILES string of the molecule is CC(C)c1nc(C2CCc3ccccc32)nc(Cl)c1I. The summed E-state index contributed by atoms with van der Waals surface area (Å²) in [7, 11) is 0. The lowest BCUT2D eigenvalue weighted by Crippen LogP contribution is -2.09. The van der Waals surface area contributed by atoms with Crippen LogP contribution < -0.4 is 0 Å². The van der Waals surface area contributed by atoms with Crippen molar-refractivity contribution >= 4 is 34.2 Å². The number of nitrogens with zero attached hydrogens (tertiary/aromatic N) is 2. The van der Waals surface area contributed by atoms with Gasteiger partial charge in [0, 0.05) is 5.92 Å². The van der Waals surface area contributed by atoms with E-state index in [1.165, 1.54) is 11.1 Å². The summed E-state index contributed by atoms with van der Waals surface area (Å²) in [6, 6.07) is 8.58. The number of fused-ring (bicyclic) bond motifs is 1. The minimum absolute atomic E-state index is 0.290. The van der Waals surface area contributed by atoms with Crippen LogP contribution >= 0.6 is 34.2 Å². The molecular weight excluding hydrogens is 383 g/mol. The first-order valence-corrected chi connectivity index (χ1v) is 8.34. The number of rotatable bonds is 2. The van der Waals surface area contributed by atoms with Crippen molar-refractivity contribution in [3.05, 3.63) is 55.6 Å². The molecule has 0 radical (unpaired) electrons. The van der Waals surface area contributed by atoms with Crippen LogP contribution in [0.2, 0.25) is 5.15 Å². The summed E-state index contributed by atoms with van der Waals surface area (Å²) >= 11 is 8.55. The van der Waals surface area contributed by atoms with E-state index in [2.05, 4.69) is 65.7 Å². The van der Waals surface area contributed by atoms with Crippen molar-refractivity contribution in [3.8, 4) is 0 Å². The van der Waals surface area contributed by atoms with Crippen LogP contribution in [0.4, 0.5) is 0 Å². The molecule has 4 heteroatoms. The molecule has 1 heterocycles. The lowest BCUT2D eigenvalue weighted by atomic mass is 10.00. The Labute approximate surface area is 138 Å². The van der Waals surface area contributed by atoms with E-state index in [-0.39, 0.29) is 5.92 Å². The Morgan fingerprint density at radius 3 is 2.75 bits per heavy atom. The maximum atomic E-state index is 6.31. The van der Waals surface area contributed by atoms with Crippen LogP contribution in [0, 0.1) is 3.57 Å². The number of hydrogen-bond donors (Lipinski definition) is 0. The molecule has 1 aromatic carbocycles. The van der Waals surface area contributed by atoms with E-state index in [0.717, 1.165) is 27.9 Å². The zero-order chi connectivity index (χ0) is 14.3. The Balaban J connectivity index is 2.08. The van der Waals surface area contributed by atoms with Gasteiger partial charge in [0.1, 0.15) is 11.0 Å².